The van der Waals surface area contributed by atoms with Crippen molar-refractivity contribution in [2.24, 2.45) is 5.73 Å². The van der Waals surface area contributed by atoms with E-state index in [0.717, 1.165) is 0 Å². The van der Waals surface area contributed by atoms with Gasteiger partial charge < -0.3 is 25.5 Å². The molecule has 4 N–H and O–H groups in total. The zero-order valence-corrected chi connectivity index (χ0v) is 10.8. The van der Waals surface area contributed by atoms with Gasteiger partial charge in [-0.15, -0.1) is 0 Å². The zero-order valence-electron chi connectivity index (χ0n) is 10.8. The number of nitrogens with one attached hydrogen (secondary N) is 1. The van der Waals surface area contributed by atoms with Gasteiger partial charge in [-0.1, -0.05) is 0 Å². The lowest BCUT2D eigenvalue weighted by atomic mass is 9.94. The number of primary amides is 1. The molecule has 1 amide bonds. The predicted octanol–water partition coefficient (Wildman–Crippen LogP) is -0.887. The second-order valence-corrected chi connectivity index (χ2v) is 4.82. The Bertz CT molecular complexity index is 426. The van der Waals surface area contributed by atoms with Crippen LogP contribution in [0.3, 0.4) is 0 Å². The summed E-state index contributed by atoms with van der Waals surface area (Å²) in [6.07, 6.45) is 4.56. The number of rotatable bonds is 6. The third-order valence-corrected chi connectivity index (χ3v) is 3.34. The highest BCUT2D eigenvalue weighted by atomic mass is 16.5. The smallest absolute Gasteiger partial charge is 0.284 e. The number of aromatic nitrogens is 2. The molecule has 1 aromatic rings. The van der Waals surface area contributed by atoms with Crippen LogP contribution in [0.2, 0.25) is 0 Å². The highest BCUT2D eigenvalue weighted by molar-refractivity contribution is 5.89. The largest absolute Gasteiger partial charge is 0.388 e. The summed E-state index contributed by atoms with van der Waals surface area (Å²) in [5, 5.41) is 13.4. The summed E-state index contributed by atoms with van der Waals surface area (Å²) >= 11 is 0. The molecule has 0 radical (unpaired) electrons. The summed E-state index contributed by atoms with van der Waals surface area (Å²) < 4.78 is 6.92. The maximum Gasteiger partial charge on any atom is 0.284 e. The highest BCUT2D eigenvalue weighted by Gasteiger charge is 2.28. The lowest BCUT2D eigenvalue weighted by Crippen LogP contribution is -2.45. The van der Waals surface area contributed by atoms with Gasteiger partial charge in [-0.2, -0.15) is 0 Å². The van der Waals surface area contributed by atoms with Crippen molar-refractivity contribution in [2.75, 3.05) is 26.3 Å². The van der Waals surface area contributed by atoms with Gasteiger partial charge in [-0.25, -0.2) is 4.98 Å². The van der Waals surface area contributed by atoms with Gasteiger partial charge in [0.05, 0.1) is 5.60 Å². The Kier molecular flexibility index (Phi) is 4.52. The maximum absolute atomic E-state index is 11.1. The molecule has 0 aromatic carbocycles. The van der Waals surface area contributed by atoms with E-state index in [4.69, 9.17) is 10.5 Å². The Morgan fingerprint density at radius 2 is 2.32 bits per heavy atom. The van der Waals surface area contributed by atoms with E-state index in [1.165, 1.54) is 0 Å². The van der Waals surface area contributed by atoms with E-state index >= 15 is 0 Å². The maximum atomic E-state index is 11.1. The van der Waals surface area contributed by atoms with Crippen LogP contribution in [0.4, 0.5) is 0 Å². The van der Waals surface area contributed by atoms with Crippen LogP contribution in [-0.4, -0.2) is 52.5 Å². The number of hydrogen-bond acceptors (Lipinski definition) is 5. The van der Waals surface area contributed by atoms with E-state index < -0.39 is 11.5 Å². The fourth-order valence-corrected chi connectivity index (χ4v) is 2.16. The van der Waals surface area contributed by atoms with Crippen LogP contribution in [-0.2, 0) is 11.3 Å². The first-order valence-electron chi connectivity index (χ1n) is 6.42. The zero-order chi connectivity index (χ0) is 13.7. The van der Waals surface area contributed by atoms with Crippen molar-refractivity contribution in [1.82, 2.24) is 14.9 Å². The summed E-state index contributed by atoms with van der Waals surface area (Å²) in [5.41, 5.74) is 4.52. The molecule has 1 fully saturated rings. The summed E-state index contributed by atoms with van der Waals surface area (Å²) in [5.74, 6) is -0.278. The number of ether oxygens (including phenoxy) is 1. The predicted molar refractivity (Wildman–Crippen MR) is 68.6 cm³/mol. The number of aliphatic hydroxyl groups is 1. The Morgan fingerprint density at radius 3 is 3.00 bits per heavy atom. The third kappa shape index (κ3) is 3.76. The molecule has 0 bridgehead atoms. The molecule has 0 atom stereocenters. The fraction of sp³-hybridized carbons (Fsp3) is 0.667. The fourth-order valence-electron chi connectivity index (χ4n) is 2.16. The molecule has 7 nitrogen and oxygen atoms in total. The van der Waals surface area contributed by atoms with Crippen molar-refractivity contribution in [3.8, 4) is 0 Å². The minimum absolute atomic E-state index is 0.256. The number of imidazole rings is 1. The van der Waals surface area contributed by atoms with Crippen molar-refractivity contribution < 1.29 is 14.6 Å². The van der Waals surface area contributed by atoms with Gasteiger partial charge in [0, 0.05) is 58.1 Å². The van der Waals surface area contributed by atoms with E-state index in [9.17, 15) is 9.90 Å². The molecular weight excluding hydrogens is 248 g/mol. The van der Waals surface area contributed by atoms with Crippen LogP contribution in [0.15, 0.2) is 12.4 Å². The number of nitrogens with zero attached hydrogens (tertiary/aromatic N) is 2. The van der Waals surface area contributed by atoms with E-state index in [-0.39, 0.29) is 5.82 Å². The summed E-state index contributed by atoms with van der Waals surface area (Å²) in [6, 6.07) is 0. The lowest BCUT2D eigenvalue weighted by Gasteiger charge is -2.32. The quantitative estimate of drug-likeness (QED) is 0.581. The van der Waals surface area contributed by atoms with Gasteiger partial charge in [0.25, 0.3) is 5.91 Å². The van der Waals surface area contributed by atoms with E-state index in [1.807, 2.05) is 0 Å². The Balaban J connectivity index is 1.74. The lowest BCUT2D eigenvalue weighted by molar-refractivity contribution is -0.0615. The average Bonchev–Trinajstić information content (AvgIpc) is 2.84. The van der Waals surface area contributed by atoms with Crippen molar-refractivity contribution in [1.29, 1.82) is 0 Å². The number of carbonyl (C=O) groups is 1. The van der Waals surface area contributed by atoms with Crippen molar-refractivity contribution >= 4 is 5.91 Å². The van der Waals surface area contributed by atoms with Crippen LogP contribution < -0.4 is 11.1 Å². The first-order chi connectivity index (χ1) is 9.11. The van der Waals surface area contributed by atoms with Gasteiger partial charge in [0.2, 0.25) is 0 Å². The molecule has 0 aliphatic carbocycles. The molecule has 1 aliphatic heterocycles. The summed E-state index contributed by atoms with van der Waals surface area (Å²) in [7, 11) is 0. The van der Waals surface area contributed by atoms with Crippen molar-refractivity contribution in [3.63, 3.8) is 0 Å². The second kappa shape index (κ2) is 6.14. The molecule has 0 saturated carbocycles. The minimum Gasteiger partial charge on any atom is -0.388 e. The molecule has 1 aliphatic rings. The standard InChI is InChI=1S/C12H20N4O3/c13-10(17)11-15-4-6-16(11)5-3-14-9-12(18)1-7-19-8-2-12/h4,6,14,18H,1-3,5,7-9H2,(H2,13,17). The minimum atomic E-state index is -0.681. The number of nitrogens with two attached hydrogens (primary N) is 1. The summed E-state index contributed by atoms with van der Waals surface area (Å²) in [4.78, 5) is 15.0. The van der Waals surface area contributed by atoms with Crippen LogP contribution in [0.25, 0.3) is 0 Å². The van der Waals surface area contributed by atoms with Gasteiger partial charge in [0.15, 0.2) is 5.82 Å². The monoisotopic (exact) mass is 268 g/mol. The molecule has 0 unspecified atom stereocenters. The molecule has 106 valence electrons. The van der Waals surface area contributed by atoms with E-state index in [2.05, 4.69) is 10.3 Å². The normalized spacial score (nSPS) is 18.4. The van der Waals surface area contributed by atoms with Crippen molar-refractivity contribution in [3.05, 3.63) is 18.2 Å². The van der Waals surface area contributed by atoms with Crippen LogP contribution >= 0.6 is 0 Å². The molecule has 1 aromatic heterocycles. The van der Waals surface area contributed by atoms with Gasteiger partial charge >= 0.3 is 0 Å². The number of hydrogen-bond donors (Lipinski definition) is 3. The molecule has 7 heteroatoms. The topological polar surface area (TPSA) is 102 Å². The third-order valence-electron chi connectivity index (χ3n) is 3.34. The first kappa shape index (κ1) is 14.0. The molecule has 19 heavy (non-hydrogen) atoms. The molecule has 2 rings (SSSR count). The van der Waals surface area contributed by atoms with Crippen LogP contribution in [0.1, 0.15) is 23.5 Å². The highest BCUT2D eigenvalue weighted by Crippen LogP contribution is 2.18. The number of amides is 1. The van der Waals surface area contributed by atoms with E-state index in [0.29, 0.717) is 45.7 Å². The SMILES string of the molecule is NC(=O)c1nccn1CCNCC1(O)CCOCC1. The molecular formula is C12H20N4O3. The van der Waals surface area contributed by atoms with Gasteiger partial charge in [-0.05, 0) is 0 Å². The first-order valence-corrected chi connectivity index (χ1v) is 6.42. The summed E-state index contributed by atoms with van der Waals surface area (Å²) in [6.45, 7) is 2.96. The molecule has 2 heterocycles. The Hall–Kier alpha value is -1.44. The van der Waals surface area contributed by atoms with E-state index in [1.54, 1.807) is 17.0 Å². The average molecular weight is 268 g/mol. The van der Waals surface area contributed by atoms with Crippen LogP contribution in [0, 0.1) is 0 Å². The number of carbonyl (C=O) groups excluding carboxylic acids is 1. The molecule has 1 saturated heterocycles. The van der Waals surface area contributed by atoms with Crippen LogP contribution in [0.5, 0.6) is 0 Å². The Labute approximate surface area is 111 Å². The second-order valence-electron chi connectivity index (χ2n) is 4.82. The van der Waals surface area contributed by atoms with Gasteiger partial charge in [0.1, 0.15) is 0 Å². The Morgan fingerprint density at radius 1 is 1.58 bits per heavy atom. The van der Waals surface area contributed by atoms with Gasteiger partial charge in [-0.3, -0.25) is 4.79 Å². The van der Waals surface area contributed by atoms with Crippen molar-refractivity contribution in [2.45, 2.75) is 25.0 Å². The molecule has 0 spiro atoms.